The van der Waals surface area contributed by atoms with Crippen LogP contribution in [0.25, 0.3) is 0 Å². The molecule has 0 saturated heterocycles. The fourth-order valence-electron chi connectivity index (χ4n) is 1.60. The first-order valence-electron chi connectivity index (χ1n) is 4.59. The highest BCUT2D eigenvalue weighted by Crippen LogP contribution is 2.31. The van der Waals surface area contributed by atoms with Gasteiger partial charge in [-0.3, -0.25) is 9.59 Å². The van der Waals surface area contributed by atoms with Gasteiger partial charge in [-0.15, -0.1) is 6.58 Å². The van der Waals surface area contributed by atoms with E-state index in [9.17, 15) is 9.59 Å². The minimum atomic E-state index is -0.369. The quantitative estimate of drug-likeness (QED) is 0.509. The Morgan fingerprint density at radius 2 is 2.36 bits per heavy atom. The summed E-state index contributed by atoms with van der Waals surface area (Å²) >= 11 is 0. The van der Waals surface area contributed by atoms with E-state index >= 15 is 0 Å². The first kappa shape index (κ1) is 10.7. The molecule has 1 aliphatic carbocycles. The van der Waals surface area contributed by atoms with Gasteiger partial charge in [-0.05, 0) is 13.3 Å². The van der Waals surface area contributed by atoms with Crippen molar-refractivity contribution in [1.29, 1.82) is 0 Å². The molecule has 0 radical (unpaired) electrons. The number of rotatable bonds is 3. The molecule has 1 aliphatic rings. The van der Waals surface area contributed by atoms with E-state index in [4.69, 9.17) is 4.74 Å². The summed E-state index contributed by atoms with van der Waals surface area (Å²) < 4.78 is 4.96. The van der Waals surface area contributed by atoms with Gasteiger partial charge < -0.3 is 4.74 Å². The highest BCUT2D eigenvalue weighted by Gasteiger charge is 2.31. The molecule has 1 rings (SSSR count). The van der Waals surface area contributed by atoms with Crippen LogP contribution in [0.4, 0.5) is 0 Å². The lowest BCUT2D eigenvalue weighted by Gasteiger charge is -2.04. The standard InChI is InChI=1S/C11H14O3/c1-4-5-9-6-10(14-8(3)12)7(2)11(9)13/h4,9H,1,5-6H2,2-3H3. The molecule has 0 spiro atoms. The van der Waals surface area contributed by atoms with Gasteiger partial charge in [0.2, 0.25) is 0 Å². The zero-order valence-corrected chi connectivity index (χ0v) is 8.50. The van der Waals surface area contributed by atoms with E-state index in [0.717, 1.165) is 0 Å². The van der Waals surface area contributed by atoms with Gasteiger partial charge in [-0.1, -0.05) is 6.08 Å². The van der Waals surface area contributed by atoms with Crippen LogP contribution in [0.15, 0.2) is 24.0 Å². The van der Waals surface area contributed by atoms with E-state index in [-0.39, 0.29) is 17.7 Å². The number of Topliss-reactive ketones (excluding diaryl/α,β-unsaturated/α-hetero) is 1. The highest BCUT2D eigenvalue weighted by molar-refractivity contribution is 6.00. The summed E-state index contributed by atoms with van der Waals surface area (Å²) in [6.45, 7) is 6.63. The van der Waals surface area contributed by atoms with Crippen LogP contribution < -0.4 is 0 Å². The smallest absolute Gasteiger partial charge is 0.307 e. The number of hydrogen-bond acceptors (Lipinski definition) is 3. The van der Waals surface area contributed by atoms with Gasteiger partial charge in [-0.2, -0.15) is 0 Å². The molecule has 1 atom stereocenters. The predicted molar refractivity (Wildman–Crippen MR) is 52.4 cm³/mol. The fraction of sp³-hybridized carbons (Fsp3) is 0.455. The molecule has 1 unspecified atom stereocenters. The number of hydrogen-bond donors (Lipinski definition) is 0. The Balaban J connectivity index is 2.74. The summed E-state index contributed by atoms with van der Waals surface area (Å²) in [6.07, 6.45) is 2.88. The molecule has 0 amide bonds. The van der Waals surface area contributed by atoms with Crippen molar-refractivity contribution < 1.29 is 14.3 Å². The van der Waals surface area contributed by atoms with E-state index in [1.165, 1.54) is 6.92 Å². The van der Waals surface area contributed by atoms with Gasteiger partial charge in [0, 0.05) is 24.8 Å². The lowest BCUT2D eigenvalue weighted by Crippen LogP contribution is -2.07. The first-order chi connectivity index (χ1) is 6.56. The van der Waals surface area contributed by atoms with Gasteiger partial charge >= 0.3 is 5.97 Å². The van der Waals surface area contributed by atoms with Crippen molar-refractivity contribution in [2.75, 3.05) is 0 Å². The van der Waals surface area contributed by atoms with E-state index in [1.54, 1.807) is 13.0 Å². The third kappa shape index (κ3) is 2.10. The van der Waals surface area contributed by atoms with E-state index < -0.39 is 0 Å². The summed E-state index contributed by atoms with van der Waals surface area (Å²) in [5.41, 5.74) is 0.576. The van der Waals surface area contributed by atoms with Crippen LogP contribution >= 0.6 is 0 Å². The lowest BCUT2D eigenvalue weighted by molar-refractivity contribution is -0.137. The van der Waals surface area contributed by atoms with Crippen molar-refractivity contribution in [3.63, 3.8) is 0 Å². The molecule has 0 aromatic rings. The average molecular weight is 194 g/mol. The van der Waals surface area contributed by atoms with Crippen molar-refractivity contribution in [3.05, 3.63) is 24.0 Å². The number of carbonyl (C=O) groups is 2. The zero-order valence-electron chi connectivity index (χ0n) is 8.50. The van der Waals surface area contributed by atoms with Gasteiger partial charge in [0.1, 0.15) is 5.76 Å². The molecule has 0 fully saturated rings. The molecule has 3 nitrogen and oxygen atoms in total. The van der Waals surface area contributed by atoms with Crippen molar-refractivity contribution in [2.45, 2.75) is 26.7 Å². The highest BCUT2D eigenvalue weighted by atomic mass is 16.5. The van der Waals surface area contributed by atoms with Gasteiger partial charge in [0.05, 0.1) is 0 Å². The maximum Gasteiger partial charge on any atom is 0.307 e. The molecule has 76 valence electrons. The molecule has 0 aliphatic heterocycles. The Morgan fingerprint density at radius 1 is 1.71 bits per heavy atom. The number of allylic oxidation sites excluding steroid dienone is 3. The van der Waals surface area contributed by atoms with Crippen molar-refractivity contribution in [1.82, 2.24) is 0 Å². The van der Waals surface area contributed by atoms with Crippen LogP contribution in [0.5, 0.6) is 0 Å². The third-order valence-corrected chi connectivity index (χ3v) is 2.31. The zero-order chi connectivity index (χ0) is 10.7. The average Bonchev–Trinajstić information content (AvgIpc) is 2.34. The normalized spacial score (nSPS) is 21.3. The largest absolute Gasteiger partial charge is 0.431 e. The molecule has 0 bridgehead atoms. The third-order valence-electron chi connectivity index (χ3n) is 2.31. The minimum Gasteiger partial charge on any atom is -0.431 e. The molecule has 0 aromatic heterocycles. The summed E-state index contributed by atoms with van der Waals surface area (Å²) in [5, 5.41) is 0. The molecular formula is C11H14O3. The molecule has 0 N–H and O–H groups in total. The Labute approximate surface area is 83.4 Å². The predicted octanol–water partition coefficient (Wildman–Crippen LogP) is 1.99. The summed E-state index contributed by atoms with van der Waals surface area (Å²) in [5.74, 6) is 0.142. The van der Waals surface area contributed by atoms with Crippen molar-refractivity contribution >= 4 is 11.8 Å². The van der Waals surface area contributed by atoms with Crippen LogP contribution in [0, 0.1) is 5.92 Å². The maximum atomic E-state index is 11.6. The molecule has 3 heteroatoms. The van der Waals surface area contributed by atoms with Crippen LogP contribution in [-0.2, 0) is 14.3 Å². The van der Waals surface area contributed by atoms with Gasteiger partial charge in [-0.25, -0.2) is 0 Å². The summed E-state index contributed by atoms with van der Waals surface area (Å²) in [7, 11) is 0. The van der Waals surface area contributed by atoms with E-state index in [1.807, 2.05) is 0 Å². The van der Waals surface area contributed by atoms with Gasteiger partial charge in [0.15, 0.2) is 5.78 Å². The Bertz CT molecular complexity index is 312. The summed E-state index contributed by atoms with van der Waals surface area (Å²) in [4.78, 5) is 22.3. The second-order valence-electron chi connectivity index (χ2n) is 3.43. The molecular weight excluding hydrogens is 180 g/mol. The fourth-order valence-corrected chi connectivity index (χ4v) is 1.60. The van der Waals surface area contributed by atoms with Crippen LogP contribution in [-0.4, -0.2) is 11.8 Å². The van der Waals surface area contributed by atoms with Crippen LogP contribution in [0.3, 0.4) is 0 Å². The molecule has 14 heavy (non-hydrogen) atoms. The number of carbonyl (C=O) groups excluding carboxylic acids is 2. The molecule has 0 saturated carbocycles. The van der Waals surface area contributed by atoms with Crippen molar-refractivity contribution in [2.24, 2.45) is 5.92 Å². The topological polar surface area (TPSA) is 43.4 Å². The number of ketones is 1. The monoisotopic (exact) mass is 194 g/mol. The van der Waals surface area contributed by atoms with Crippen LogP contribution in [0.1, 0.15) is 26.7 Å². The Hall–Kier alpha value is -1.38. The maximum absolute atomic E-state index is 11.6. The second-order valence-corrected chi connectivity index (χ2v) is 3.43. The Kier molecular flexibility index (Phi) is 3.23. The van der Waals surface area contributed by atoms with Crippen LogP contribution in [0.2, 0.25) is 0 Å². The number of esters is 1. The SMILES string of the molecule is C=CCC1CC(OC(C)=O)=C(C)C1=O. The van der Waals surface area contributed by atoms with Crippen molar-refractivity contribution in [3.8, 4) is 0 Å². The number of ether oxygens (including phenoxy) is 1. The molecule has 0 aromatic carbocycles. The lowest BCUT2D eigenvalue weighted by atomic mass is 10.0. The second kappa shape index (κ2) is 4.22. The van der Waals surface area contributed by atoms with E-state index in [2.05, 4.69) is 6.58 Å². The van der Waals surface area contributed by atoms with Gasteiger partial charge in [0.25, 0.3) is 0 Å². The van der Waals surface area contributed by atoms with E-state index in [0.29, 0.717) is 24.2 Å². The minimum absolute atomic E-state index is 0.0705. The Morgan fingerprint density at radius 3 is 2.86 bits per heavy atom. The molecule has 0 heterocycles. The first-order valence-corrected chi connectivity index (χ1v) is 4.59. The summed E-state index contributed by atoms with van der Waals surface area (Å²) in [6, 6.07) is 0.